The third kappa shape index (κ3) is 12.3. The van der Waals surface area contributed by atoms with Gasteiger partial charge in [0.2, 0.25) is 11.8 Å². The van der Waals surface area contributed by atoms with Gasteiger partial charge in [0.15, 0.2) is 0 Å². The summed E-state index contributed by atoms with van der Waals surface area (Å²) in [6.07, 6.45) is 17.7. The van der Waals surface area contributed by atoms with Crippen LogP contribution in [0.1, 0.15) is 96.8 Å². The average molecular weight is 468 g/mol. The van der Waals surface area contributed by atoms with Crippen molar-refractivity contribution in [3.8, 4) is 0 Å². The second-order valence-corrected chi connectivity index (χ2v) is 8.96. The van der Waals surface area contributed by atoms with Gasteiger partial charge in [-0.1, -0.05) is 70.4 Å². The number of aliphatic hydroxyl groups is 2. The van der Waals surface area contributed by atoms with Gasteiger partial charge in [0.25, 0.3) is 0 Å². The highest BCUT2D eigenvalue weighted by molar-refractivity contribution is 6.03. The first-order valence-electron chi connectivity index (χ1n) is 12.9. The molecule has 0 bridgehead atoms. The number of amides is 2. The van der Waals surface area contributed by atoms with E-state index < -0.39 is 0 Å². The molecule has 33 heavy (non-hydrogen) atoms. The maximum Gasteiger partial charge on any atom is 0.305 e. The zero-order valence-corrected chi connectivity index (χ0v) is 20.5. The number of β-amino-alcohol motifs (C(OH)–C–C–N with tert-alkyl or cyclic N) is 1. The van der Waals surface area contributed by atoms with Crippen molar-refractivity contribution >= 4 is 17.8 Å². The van der Waals surface area contributed by atoms with E-state index in [1.165, 1.54) is 30.6 Å². The molecule has 2 amide bonds. The van der Waals surface area contributed by atoms with Gasteiger partial charge in [-0.05, 0) is 31.6 Å². The highest BCUT2D eigenvalue weighted by atomic mass is 16.5. The summed E-state index contributed by atoms with van der Waals surface area (Å²) in [6, 6.07) is 0. The van der Waals surface area contributed by atoms with Crippen molar-refractivity contribution < 1.29 is 29.3 Å². The fraction of sp³-hybridized carbons (Fsp3) is 0.808. The zero-order valence-electron chi connectivity index (χ0n) is 20.5. The predicted molar refractivity (Wildman–Crippen MR) is 128 cm³/mol. The average Bonchev–Trinajstić information content (AvgIpc) is 3.08. The highest BCUT2D eigenvalue weighted by Crippen LogP contribution is 2.31. The van der Waals surface area contributed by atoms with Crippen LogP contribution in [0.5, 0.6) is 0 Å². The monoisotopic (exact) mass is 467 g/mol. The predicted octanol–water partition coefficient (Wildman–Crippen LogP) is 4.15. The van der Waals surface area contributed by atoms with Gasteiger partial charge in [-0.3, -0.25) is 19.3 Å². The molecule has 7 heteroatoms. The zero-order chi connectivity index (χ0) is 24.3. The molecular weight excluding hydrogens is 422 g/mol. The highest BCUT2D eigenvalue weighted by Gasteiger charge is 2.41. The molecule has 2 atom stereocenters. The fourth-order valence-electron chi connectivity index (χ4n) is 4.36. The van der Waals surface area contributed by atoms with Crippen molar-refractivity contribution in [3.05, 3.63) is 12.2 Å². The molecular formula is C26H45NO6. The molecule has 0 spiro atoms. The lowest BCUT2D eigenvalue weighted by molar-refractivity contribution is -0.145. The van der Waals surface area contributed by atoms with Crippen molar-refractivity contribution in [3.63, 3.8) is 0 Å². The van der Waals surface area contributed by atoms with E-state index in [0.717, 1.165) is 51.4 Å². The van der Waals surface area contributed by atoms with E-state index in [2.05, 4.69) is 19.1 Å². The Bertz CT molecular complexity index is 591. The minimum absolute atomic E-state index is 0.0659. The fourth-order valence-corrected chi connectivity index (χ4v) is 4.36. The summed E-state index contributed by atoms with van der Waals surface area (Å²) >= 11 is 0. The lowest BCUT2D eigenvalue weighted by Crippen LogP contribution is -2.34. The molecule has 1 aliphatic heterocycles. The molecule has 2 unspecified atom stereocenters. The number of allylic oxidation sites excluding steroid dienone is 2. The number of nitrogens with zero attached hydrogens (tertiary/aromatic N) is 1. The van der Waals surface area contributed by atoms with E-state index in [1.807, 2.05) is 0 Å². The number of carbonyl (C=O) groups excluding carboxylic acids is 3. The number of esters is 1. The van der Waals surface area contributed by atoms with Crippen LogP contribution < -0.4 is 0 Å². The molecule has 190 valence electrons. The normalized spacial score (nSPS) is 17.3. The topological polar surface area (TPSA) is 104 Å². The number of aliphatic hydroxyl groups excluding tert-OH is 2. The van der Waals surface area contributed by atoms with Crippen molar-refractivity contribution in [2.75, 3.05) is 26.4 Å². The molecule has 0 radical (unpaired) electrons. The standard InChI is InChI=1S/C26H45NO6/c1-2-3-4-5-8-11-14-22(23-21-24(30)27(17-18-28)26(23)32)15-12-9-6-7-10-13-16-25(31)33-20-19-29/h12,15,22-23,28-29H,2-11,13-14,16-21H2,1H3/b15-12+. The van der Waals surface area contributed by atoms with E-state index in [0.29, 0.717) is 6.42 Å². The van der Waals surface area contributed by atoms with Gasteiger partial charge in [0.05, 0.1) is 25.7 Å². The van der Waals surface area contributed by atoms with Crippen LogP contribution in [0.3, 0.4) is 0 Å². The van der Waals surface area contributed by atoms with Gasteiger partial charge in [0.1, 0.15) is 6.61 Å². The lowest BCUT2D eigenvalue weighted by atomic mass is 9.85. The van der Waals surface area contributed by atoms with Gasteiger partial charge in [-0.2, -0.15) is 0 Å². The first-order valence-corrected chi connectivity index (χ1v) is 12.9. The van der Waals surface area contributed by atoms with Crippen LogP contribution in [0.25, 0.3) is 0 Å². The van der Waals surface area contributed by atoms with Crippen LogP contribution in [0.4, 0.5) is 0 Å². The maximum absolute atomic E-state index is 12.8. The van der Waals surface area contributed by atoms with E-state index in [4.69, 9.17) is 14.9 Å². The minimum atomic E-state index is -0.305. The van der Waals surface area contributed by atoms with Gasteiger partial charge >= 0.3 is 5.97 Å². The van der Waals surface area contributed by atoms with E-state index in [1.54, 1.807) is 0 Å². The Morgan fingerprint density at radius 3 is 2.45 bits per heavy atom. The third-order valence-electron chi connectivity index (χ3n) is 6.25. The maximum atomic E-state index is 12.8. The Morgan fingerprint density at radius 1 is 1.03 bits per heavy atom. The molecule has 0 aromatic rings. The number of carbonyl (C=O) groups is 3. The molecule has 1 aliphatic rings. The Kier molecular flexibility index (Phi) is 16.6. The number of likely N-dealkylation sites (tertiary alicyclic amines) is 1. The SMILES string of the molecule is CCCCCCCCC(/C=C/CCCCCCC(=O)OCCO)C1CC(=O)N(CCO)C1=O. The summed E-state index contributed by atoms with van der Waals surface area (Å²) in [5.74, 6) is -0.799. The Labute approximate surface area is 199 Å². The first kappa shape index (κ1) is 29.3. The molecule has 0 aliphatic carbocycles. The Hall–Kier alpha value is -1.73. The van der Waals surface area contributed by atoms with Gasteiger partial charge in [-0.15, -0.1) is 0 Å². The smallest absolute Gasteiger partial charge is 0.305 e. The Balaban J connectivity index is 2.43. The first-order chi connectivity index (χ1) is 16.0. The number of hydrogen-bond donors (Lipinski definition) is 2. The van der Waals surface area contributed by atoms with Crippen LogP contribution in [-0.4, -0.2) is 59.3 Å². The largest absolute Gasteiger partial charge is 0.463 e. The number of unbranched alkanes of at least 4 members (excludes halogenated alkanes) is 9. The van der Waals surface area contributed by atoms with Crippen molar-refractivity contribution in [1.82, 2.24) is 4.90 Å². The van der Waals surface area contributed by atoms with Gasteiger partial charge in [-0.25, -0.2) is 0 Å². The van der Waals surface area contributed by atoms with E-state index in [9.17, 15) is 14.4 Å². The summed E-state index contributed by atoms with van der Waals surface area (Å²) in [6.45, 7) is 2.03. The van der Waals surface area contributed by atoms with Crippen LogP contribution in [0.2, 0.25) is 0 Å². The summed E-state index contributed by atoms with van der Waals surface area (Å²) < 4.78 is 4.84. The summed E-state index contributed by atoms with van der Waals surface area (Å²) in [5, 5.41) is 17.8. The third-order valence-corrected chi connectivity index (χ3v) is 6.25. The minimum Gasteiger partial charge on any atom is -0.463 e. The van der Waals surface area contributed by atoms with Crippen LogP contribution in [0, 0.1) is 11.8 Å². The molecule has 1 saturated heterocycles. The van der Waals surface area contributed by atoms with Gasteiger partial charge < -0.3 is 14.9 Å². The van der Waals surface area contributed by atoms with Crippen LogP contribution in [-0.2, 0) is 19.1 Å². The number of imide groups is 1. The number of ether oxygens (including phenoxy) is 1. The van der Waals surface area contributed by atoms with Crippen LogP contribution >= 0.6 is 0 Å². The van der Waals surface area contributed by atoms with Gasteiger partial charge in [0, 0.05) is 12.8 Å². The molecule has 7 nitrogen and oxygen atoms in total. The molecule has 2 N–H and O–H groups in total. The quantitative estimate of drug-likeness (QED) is 0.121. The number of rotatable bonds is 20. The molecule has 0 aromatic carbocycles. The lowest BCUT2D eigenvalue weighted by Gasteiger charge is -2.19. The van der Waals surface area contributed by atoms with Crippen molar-refractivity contribution in [2.24, 2.45) is 11.8 Å². The van der Waals surface area contributed by atoms with Crippen molar-refractivity contribution in [2.45, 2.75) is 96.8 Å². The summed E-state index contributed by atoms with van der Waals surface area (Å²) in [4.78, 5) is 37.6. The van der Waals surface area contributed by atoms with E-state index in [-0.39, 0.29) is 62.4 Å². The second kappa shape index (κ2) is 18.7. The summed E-state index contributed by atoms with van der Waals surface area (Å²) in [7, 11) is 0. The molecule has 1 fully saturated rings. The Morgan fingerprint density at radius 2 is 1.73 bits per heavy atom. The van der Waals surface area contributed by atoms with Crippen molar-refractivity contribution in [1.29, 1.82) is 0 Å². The number of hydrogen-bond acceptors (Lipinski definition) is 6. The second-order valence-electron chi connectivity index (χ2n) is 8.96. The van der Waals surface area contributed by atoms with Crippen LogP contribution in [0.15, 0.2) is 12.2 Å². The molecule has 0 saturated carbocycles. The molecule has 0 aromatic heterocycles. The van der Waals surface area contributed by atoms with E-state index >= 15 is 0 Å². The molecule has 1 rings (SSSR count). The molecule has 1 heterocycles. The summed E-state index contributed by atoms with van der Waals surface area (Å²) in [5.41, 5.74) is 0.